The number of alkyl halides is 3. The van der Waals surface area contributed by atoms with Crippen molar-refractivity contribution < 1.29 is 31.9 Å². The van der Waals surface area contributed by atoms with Crippen molar-refractivity contribution in [1.82, 2.24) is 9.88 Å². The Morgan fingerprint density at radius 1 is 0.857 bits per heavy atom. The molecule has 1 amide bonds. The van der Waals surface area contributed by atoms with E-state index in [1.54, 1.807) is 11.0 Å². The Hall–Kier alpha value is -4.41. The summed E-state index contributed by atoms with van der Waals surface area (Å²) in [5.74, 6) is 0.480. The van der Waals surface area contributed by atoms with Crippen molar-refractivity contribution in [3.05, 3.63) is 120 Å². The fraction of sp³-hybridized carbons (Fsp3) is 0.333. The predicted molar refractivity (Wildman–Crippen MR) is 189 cm³/mol. The minimum atomic E-state index is -4.48. The number of hydrogen-bond donors (Lipinski definition) is 0. The largest absolute Gasteiger partial charge is 0.444 e. The van der Waals surface area contributed by atoms with Crippen molar-refractivity contribution in [1.29, 1.82) is 0 Å². The number of ether oxygens (including phenoxy) is 2. The SMILES string of the molecule is CC(C)(C)OC(=O)N1CC/C(=C\c2cccc(Oc3ccc(C(F)(F)F)cn3)c2)C(O[Si](c2ccccc2)(c2ccccc2)C(C)(C)C)C1. The number of rotatable bonds is 7. The van der Waals surface area contributed by atoms with Crippen LogP contribution in [0.4, 0.5) is 18.0 Å². The van der Waals surface area contributed by atoms with Gasteiger partial charge in [0.15, 0.2) is 0 Å². The average molecular weight is 689 g/mol. The molecule has 4 aromatic rings. The minimum absolute atomic E-state index is 0.0522. The summed E-state index contributed by atoms with van der Waals surface area (Å²) in [6.45, 7) is 13.0. The molecule has 1 aliphatic heterocycles. The maximum absolute atomic E-state index is 13.4. The van der Waals surface area contributed by atoms with E-state index in [0.717, 1.165) is 33.8 Å². The van der Waals surface area contributed by atoms with Gasteiger partial charge in [-0.05, 0) is 71.9 Å². The molecule has 1 unspecified atom stereocenters. The monoisotopic (exact) mass is 688 g/mol. The Morgan fingerprint density at radius 2 is 1.49 bits per heavy atom. The van der Waals surface area contributed by atoms with Crippen molar-refractivity contribution in [2.75, 3.05) is 13.1 Å². The van der Waals surface area contributed by atoms with Crippen LogP contribution in [0.25, 0.3) is 6.08 Å². The van der Waals surface area contributed by atoms with E-state index in [9.17, 15) is 18.0 Å². The molecule has 1 atom stereocenters. The maximum atomic E-state index is 13.4. The van der Waals surface area contributed by atoms with Gasteiger partial charge in [0.05, 0.1) is 18.2 Å². The van der Waals surface area contributed by atoms with Crippen molar-refractivity contribution in [3.8, 4) is 11.6 Å². The second kappa shape index (κ2) is 14.2. The van der Waals surface area contributed by atoms with Crippen LogP contribution in [-0.4, -0.2) is 49.1 Å². The summed E-state index contributed by atoms with van der Waals surface area (Å²) in [7, 11) is -3.02. The smallest absolute Gasteiger partial charge is 0.417 e. The molecular formula is C39H43F3N2O4Si. The first-order valence-corrected chi connectivity index (χ1v) is 18.2. The van der Waals surface area contributed by atoms with Crippen molar-refractivity contribution in [3.63, 3.8) is 0 Å². The minimum Gasteiger partial charge on any atom is -0.444 e. The third-order valence-electron chi connectivity index (χ3n) is 8.35. The molecule has 0 bridgehead atoms. The second-order valence-corrected chi connectivity index (χ2v) is 18.5. The fourth-order valence-corrected chi connectivity index (χ4v) is 10.8. The number of amides is 1. The molecule has 1 aromatic heterocycles. The number of nitrogens with zero attached hydrogens (tertiary/aromatic N) is 2. The topological polar surface area (TPSA) is 60.9 Å². The molecule has 6 nitrogen and oxygen atoms in total. The molecule has 2 heterocycles. The van der Waals surface area contributed by atoms with E-state index in [4.69, 9.17) is 13.9 Å². The third-order valence-corrected chi connectivity index (χ3v) is 13.4. The molecule has 0 spiro atoms. The van der Waals surface area contributed by atoms with E-state index in [2.05, 4.69) is 56.1 Å². The number of benzene rings is 3. The van der Waals surface area contributed by atoms with Gasteiger partial charge in [-0.1, -0.05) is 99.6 Å². The number of pyridine rings is 1. The van der Waals surface area contributed by atoms with Gasteiger partial charge < -0.3 is 18.8 Å². The molecule has 0 saturated carbocycles. The summed E-state index contributed by atoms with van der Waals surface area (Å²) in [6.07, 6.45) is -1.97. The first kappa shape index (κ1) is 35.9. The van der Waals surface area contributed by atoms with Crippen LogP contribution < -0.4 is 15.1 Å². The van der Waals surface area contributed by atoms with E-state index in [0.29, 0.717) is 25.3 Å². The Bertz CT molecular complexity index is 1710. The first-order valence-electron chi connectivity index (χ1n) is 16.3. The number of aromatic nitrogens is 1. The molecule has 0 radical (unpaired) electrons. The Kier molecular flexibility index (Phi) is 10.4. The lowest BCUT2D eigenvalue weighted by Gasteiger charge is -2.47. The summed E-state index contributed by atoms with van der Waals surface area (Å²) < 4.78 is 58.3. The zero-order valence-corrected chi connectivity index (χ0v) is 29.8. The zero-order chi connectivity index (χ0) is 35.5. The van der Waals surface area contributed by atoms with Crippen LogP contribution in [0.3, 0.4) is 0 Å². The van der Waals surface area contributed by atoms with Crippen molar-refractivity contribution >= 4 is 30.9 Å². The van der Waals surface area contributed by atoms with Crippen LogP contribution in [-0.2, 0) is 15.3 Å². The van der Waals surface area contributed by atoms with Crippen LogP contribution in [0.5, 0.6) is 11.6 Å². The lowest BCUT2D eigenvalue weighted by Crippen LogP contribution is -2.68. The molecule has 49 heavy (non-hydrogen) atoms. The molecule has 5 rings (SSSR count). The van der Waals surface area contributed by atoms with Crippen LogP contribution in [0, 0.1) is 0 Å². The molecule has 258 valence electrons. The molecule has 3 aromatic carbocycles. The maximum Gasteiger partial charge on any atom is 0.417 e. The third kappa shape index (κ3) is 8.61. The lowest BCUT2D eigenvalue weighted by molar-refractivity contribution is -0.137. The van der Waals surface area contributed by atoms with Gasteiger partial charge in [0.1, 0.15) is 11.4 Å². The highest BCUT2D eigenvalue weighted by Gasteiger charge is 2.52. The van der Waals surface area contributed by atoms with Gasteiger partial charge in [0, 0.05) is 18.8 Å². The number of piperidine rings is 1. The van der Waals surface area contributed by atoms with Crippen LogP contribution in [0.2, 0.25) is 5.04 Å². The lowest BCUT2D eigenvalue weighted by atomic mass is 9.98. The van der Waals surface area contributed by atoms with E-state index in [-0.39, 0.29) is 17.0 Å². The average Bonchev–Trinajstić information content (AvgIpc) is 3.04. The van der Waals surface area contributed by atoms with Crippen LogP contribution >= 0.6 is 0 Å². The van der Waals surface area contributed by atoms with Gasteiger partial charge in [-0.25, -0.2) is 9.78 Å². The summed E-state index contributed by atoms with van der Waals surface area (Å²) in [4.78, 5) is 18.9. The Morgan fingerprint density at radius 3 is 2.02 bits per heavy atom. The van der Waals surface area contributed by atoms with Gasteiger partial charge >= 0.3 is 12.3 Å². The van der Waals surface area contributed by atoms with Gasteiger partial charge in [0.25, 0.3) is 8.32 Å². The normalized spacial score (nSPS) is 16.8. The summed E-state index contributed by atoms with van der Waals surface area (Å²) >= 11 is 0. The van der Waals surface area contributed by atoms with Crippen LogP contribution in [0.1, 0.15) is 59.1 Å². The molecule has 0 N–H and O–H groups in total. The fourth-order valence-electron chi connectivity index (χ4n) is 6.12. The molecule has 0 aliphatic carbocycles. The van der Waals surface area contributed by atoms with Gasteiger partial charge in [-0.15, -0.1) is 0 Å². The molecular weight excluding hydrogens is 646 g/mol. The predicted octanol–water partition coefficient (Wildman–Crippen LogP) is 8.86. The van der Waals surface area contributed by atoms with Crippen molar-refractivity contribution in [2.45, 2.75) is 70.9 Å². The Labute approximate surface area is 287 Å². The van der Waals surface area contributed by atoms with Gasteiger partial charge in [-0.3, -0.25) is 0 Å². The standard InChI is InChI=1S/C39H43F3N2O4Si/c1-37(2,3)47-36(45)44-23-22-29(24-28-14-13-15-31(25-28)46-35-21-20-30(26-43-35)39(40,41)42)34(27-44)48-49(38(4,5)6,32-16-9-7-10-17-32)33-18-11-8-12-19-33/h7-21,24-26,34H,22-23,27H2,1-6H3/b29-24+. The quantitative estimate of drug-likeness (QED) is 0.182. The van der Waals surface area contributed by atoms with E-state index < -0.39 is 31.8 Å². The highest BCUT2D eigenvalue weighted by atomic mass is 28.4. The number of carbonyl (C=O) groups is 1. The first-order chi connectivity index (χ1) is 23.0. The molecule has 1 aliphatic rings. The molecule has 1 saturated heterocycles. The summed E-state index contributed by atoms with van der Waals surface area (Å²) in [5.41, 5.74) is 0.339. The second-order valence-electron chi connectivity index (χ2n) is 14.2. The number of hydrogen-bond acceptors (Lipinski definition) is 5. The van der Waals surface area contributed by atoms with Crippen LogP contribution in [0.15, 0.2) is 109 Å². The number of likely N-dealkylation sites (tertiary alicyclic amines) is 1. The summed E-state index contributed by atoms with van der Waals surface area (Å²) in [6, 6.07) is 30.1. The molecule has 10 heteroatoms. The zero-order valence-electron chi connectivity index (χ0n) is 28.8. The van der Waals surface area contributed by atoms with E-state index >= 15 is 0 Å². The van der Waals surface area contributed by atoms with Gasteiger partial charge in [0.2, 0.25) is 5.88 Å². The van der Waals surface area contributed by atoms with E-state index in [1.165, 1.54) is 6.07 Å². The highest BCUT2D eigenvalue weighted by Crippen LogP contribution is 2.40. The number of carbonyl (C=O) groups excluding carboxylic acids is 1. The van der Waals surface area contributed by atoms with E-state index in [1.807, 2.05) is 75.4 Å². The van der Waals surface area contributed by atoms with Gasteiger partial charge in [-0.2, -0.15) is 13.2 Å². The number of halogens is 3. The molecule has 1 fully saturated rings. The van der Waals surface area contributed by atoms with Crippen molar-refractivity contribution in [2.24, 2.45) is 0 Å². The Balaban J connectivity index is 1.54. The summed E-state index contributed by atoms with van der Waals surface area (Å²) in [5, 5.41) is 1.96. The highest BCUT2D eigenvalue weighted by molar-refractivity contribution is 6.99.